The highest BCUT2D eigenvalue weighted by Crippen LogP contribution is 2.35. The Bertz CT molecular complexity index is 341. The molecule has 102 valence electrons. The molecule has 1 aliphatic heterocycles. The minimum Gasteiger partial charge on any atom is -0.481 e. The van der Waals surface area contributed by atoms with E-state index in [0.717, 1.165) is 13.0 Å². The van der Waals surface area contributed by atoms with E-state index in [9.17, 15) is 14.7 Å². The number of amides is 2. The summed E-state index contributed by atoms with van der Waals surface area (Å²) in [6.07, 6.45) is 4.47. The molecule has 5 heteroatoms. The van der Waals surface area contributed by atoms with E-state index >= 15 is 0 Å². The standard InChI is InChI=1S/C13H22N2O3/c1-2-5-13(11(16)17)6-7-15(9-13)12(18)14-8-10-3-4-10/h10H,2-9H2,1H3,(H,14,18)(H,16,17). The topological polar surface area (TPSA) is 69.6 Å². The summed E-state index contributed by atoms with van der Waals surface area (Å²) in [7, 11) is 0. The van der Waals surface area contributed by atoms with Crippen LogP contribution in [0.5, 0.6) is 0 Å². The maximum atomic E-state index is 11.9. The molecule has 1 unspecified atom stereocenters. The first-order valence-electron chi connectivity index (χ1n) is 6.83. The molecule has 0 aromatic heterocycles. The number of aliphatic carboxylic acids is 1. The number of nitrogens with one attached hydrogen (secondary N) is 1. The highest BCUT2D eigenvalue weighted by atomic mass is 16.4. The van der Waals surface area contributed by atoms with Gasteiger partial charge < -0.3 is 15.3 Å². The van der Waals surface area contributed by atoms with Crippen LogP contribution < -0.4 is 5.32 Å². The van der Waals surface area contributed by atoms with Crippen molar-refractivity contribution in [2.24, 2.45) is 11.3 Å². The molecular formula is C13H22N2O3. The van der Waals surface area contributed by atoms with Gasteiger partial charge in [-0.1, -0.05) is 13.3 Å². The molecule has 1 aliphatic carbocycles. The molecule has 1 atom stereocenters. The van der Waals surface area contributed by atoms with Crippen LogP contribution in [-0.2, 0) is 4.79 Å². The third-order valence-corrected chi connectivity index (χ3v) is 4.06. The first-order valence-corrected chi connectivity index (χ1v) is 6.83. The number of carbonyl (C=O) groups is 2. The smallest absolute Gasteiger partial charge is 0.317 e. The molecule has 2 aliphatic rings. The quantitative estimate of drug-likeness (QED) is 0.784. The molecule has 0 bridgehead atoms. The van der Waals surface area contributed by atoms with Gasteiger partial charge in [-0.15, -0.1) is 0 Å². The van der Waals surface area contributed by atoms with Crippen molar-refractivity contribution in [1.82, 2.24) is 10.2 Å². The lowest BCUT2D eigenvalue weighted by atomic mass is 9.83. The third kappa shape index (κ3) is 2.76. The van der Waals surface area contributed by atoms with Crippen LogP contribution in [0.4, 0.5) is 4.79 Å². The van der Waals surface area contributed by atoms with Gasteiger partial charge in [0.15, 0.2) is 0 Å². The van der Waals surface area contributed by atoms with E-state index in [1.165, 1.54) is 12.8 Å². The Hall–Kier alpha value is -1.26. The molecule has 0 aromatic rings. The molecule has 2 rings (SSSR count). The van der Waals surface area contributed by atoms with Crippen LogP contribution >= 0.6 is 0 Å². The number of hydrogen-bond acceptors (Lipinski definition) is 2. The zero-order chi connectivity index (χ0) is 13.2. The lowest BCUT2D eigenvalue weighted by Gasteiger charge is -2.24. The monoisotopic (exact) mass is 254 g/mol. The first kappa shape index (κ1) is 13.2. The van der Waals surface area contributed by atoms with E-state index in [1.54, 1.807) is 4.90 Å². The number of nitrogens with zero attached hydrogens (tertiary/aromatic N) is 1. The lowest BCUT2D eigenvalue weighted by Crippen LogP contribution is -2.42. The maximum Gasteiger partial charge on any atom is 0.317 e. The normalized spacial score (nSPS) is 27.3. The molecule has 0 radical (unpaired) electrons. The van der Waals surface area contributed by atoms with Crippen LogP contribution in [0.2, 0.25) is 0 Å². The van der Waals surface area contributed by atoms with E-state index in [-0.39, 0.29) is 6.03 Å². The number of urea groups is 1. The van der Waals surface area contributed by atoms with E-state index < -0.39 is 11.4 Å². The molecule has 2 N–H and O–H groups in total. The number of carbonyl (C=O) groups excluding carboxylic acids is 1. The van der Waals surface area contributed by atoms with Gasteiger partial charge in [-0.25, -0.2) is 4.79 Å². The Morgan fingerprint density at radius 2 is 2.17 bits per heavy atom. The van der Waals surface area contributed by atoms with Crippen molar-refractivity contribution in [1.29, 1.82) is 0 Å². The van der Waals surface area contributed by atoms with Crippen LogP contribution in [0.3, 0.4) is 0 Å². The second-order valence-corrected chi connectivity index (χ2v) is 5.64. The fourth-order valence-electron chi connectivity index (χ4n) is 2.68. The van der Waals surface area contributed by atoms with Gasteiger partial charge in [-0.3, -0.25) is 4.79 Å². The van der Waals surface area contributed by atoms with Crippen molar-refractivity contribution in [3.63, 3.8) is 0 Å². The lowest BCUT2D eigenvalue weighted by molar-refractivity contribution is -0.148. The number of carboxylic acids is 1. The van der Waals surface area contributed by atoms with Gasteiger partial charge in [0, 0.05) is 19.6 Å². The van der Waals surface area contributed by atoms with Crippen molar-refractivity contribution < 1.29 is 14.7 Å². The molecule has 1 saturated heterocycles. The third-order valence-electron chi connectivity index (χ3n) is 4.06. The highest BCUT2D eigenvalue weighted by Gasteiger charge is 2.45. The Morgan fingerprint density at radius 1 is 1.44 bits per heavy atom. The first-order chi connectivity index (χ1) is 8.57. The summed E-state index contributed by atoms with van der Waals surface area (Å²) in [5.41, 5.74) is -0.717. The van der Waals surface area contributed by atoms with E-state index in [2.05, 4.69) is 5.32 Å². The average Bonchev–Trinajstić information content (AvgIpc) is 3.06. The molecule has 5 nitrogen and oxygen atoms in total. The van der Waals surface area contributed by atoms with Crippen LogP contribution in [0.25, 0.3) is 0 Å². The Balaban J connectivity index is 1.88. The minimum absolute atomic E-state index is 0.0962. The average molecular weight is 254 g/mol. The van der Waals surface area contributed by atoms with Crippen LogP contribution in [0, 0.1) is 11.3 Å². The summed E-state index contributed by atoms with van der Waals surface area (Å²) in [5, 5.41) is 12.3. The van der Waals surface area contributed by atoms with Crippen LogP contribution in [0.15, 0.2) is 0 Å². The van der Waals surface area contributed by atoms with Crippen LogP contribution in [0.1, 0.15) is 39.0 Å². The maximum absolute atomic E-state index is 11.9. The van der Waals surface area contributed by atoms with E-state index in [4.69, 9.17) is 0 Å². The van der Waals surface area contributed by atoms with E-state index in [1.807, 2.05) is 6.92 Å². The van der Waals surface area contributed by atoms with Gasteiger partial charge in [0.25, 0.3) is 0 Å². The summed E-state index contributed by atoms with van der Waals surface area (Å²) >= 11 is 0. The Labute approximate surface area is 108 Å². The summed E-state index contributed by atoms with van der Waals surface area (Å²) in [5.74, 6) is -0.113. The van der Waals surface area contributed by atoms with Gasteiger partial charge in [0.1, 0.15) is 0 Å². The molecular weight excluding hydrogens is 232 g/mol. The summed E-state index contributed by atoms with van der Waals surface area (Å²) in [4.78, 5) is 25.0. The molecule has 1 saturated carbocycles. The van der Waals surface area contributed by atoms with Gasteiger partial charge in [-0.05, 0) is 31.6 Å². The molecule has 2 fully saturated rings. The number of hydrogen-bond donors (Lipinski definition) is 2. The summed E-state index contributed by atoms with van der Waals surface area (Å²) in [6.45, 7) is 3.64. The number of carboxylic acid groups (broad SMARTS) is 1. The largest absolute Gasteiger partial charge is 0.481 e. The molecule has 0 spiro atoms. The van der Waals surface area contributed by atoms with Gasteiger partial charge in [0.05, 0.1) is 5.41 Å². The highest BCUT2D eigenvalue weighted by molar-refractivity contribution is 5.79. The fraction of sp³-hybridized carbons (Fsp3) is 0.846. The second kappa shape index (κ2) is 5.16. The Morgan fingerprint density at radius 3 is 2.72 bits per heavy atom. The summed E-state index contributed by atoms with van der Waals surface area (Å²) in [6, 6.07) is -0.0962. The zero-order valence-corrected chi connectivity index (χ0v) is 10.9. The predicted octanol–water partition coefficient (Wildman–Crippen LogP) is 1.68. The van der Waals surface area contributed by atoms with Crippen molar-refractivity contribution >= 4 is 12.0 Å². The zero-order valence-electron chi connectivity index (χ0n) is 10.9. The van der Waals surface area contributed by atoms with Crippen molar-refractivity contribution in [2.75, 3.05) is 19.6 Å². The molecule has 1 heterocycles. The minimum atomic E-state index is -0.762. The van der Waals surface area contributed by atoms with Crippen molar-refractivity contribution in [2.45, 2.75) is 39.0 Å². The van der Waals surface area contributed by atoms with Crippen molar-refractivity contribution in [3.8, 4) is 0 Å². The second-order valence-electron chi connectivity index (χ2n) is 5.64. The number of rotatable bonds is 5. The molecule has 0 aromatic carbocycles. The fourth-order valence-corrected chi connectivity index (χ4v) is 2.68. The van der Waals surface area contributed by atoms with Gasteiger partial charge in [-0.2, -0.15) is 0 Å². The van der Waals surface area contributed by atoms with Crippen molar-refractivity contribution in [3.05, 3.63) is 0 Å². The summed E-state index contributed by atoms with van der Waals surface area (Å²) < 4.78 is 0. The Kier molecular flexibility index (Phi) is 3.78. The van der Waals surface area contributed by atoms with Crippen LogP contribution in [-0.4, -0.2) is 41.6 Å². The van der Waals surface area contributed by atoms with Gasteiger partial charge >= 0.3 is 12.0 Å². The van der Waals surface area contributed by atoms with Gasteiger partial charge in [0.2, 0.25) is 0 Å². The van der Waals surface area contributed by atoms with E-state index in [0.29, 0.717) is 31.8 Å². The predicted molar refractivity (Wildman–Crippen MR) is 67.3 cm³/mol. The SMILES string of the molecule is CCCC1(C(=O)O)CCN(C(=O)NCC2CC2)C1. The molecule has 18 heavy (non-hydrogen) atoms. The number of likely N-dealkylation sites (tertiary alicyclic amines) is 1. The molecule has 2 amide bonds.